The van der Waals surface area contributed by atoms with E-state index in [1.54, 1.807) is 41.1 Å². The van der Waals surface area contributed by atoms with Crippen LogP contribution in [-0.2, 0) is 22.7 Å². The SMILES string of the molecule is CN(Cc1cccc2c1CN(C1CCC(=O)CC1=O)C2=O)C(=O)c1ccc(Cl)c(Cl)c1. The molecule has 8 heteroatoms. The topological polar surface area (TPSA) is 74.8 Å². The summed E-state index contributed by atoms with van der Waals surface area (Å²) in [5.41, 5.74) is 2.60. The Labute approximate surface area is 189 Å². The molecule has 1 aliphatic carbocycles. The van der Waals surface area contributed by atoms with Crippen molar-refractivity contribution in [2.45, 2.75) is 38.4 Å². The number of Topliss-reactive ketones (excluding diaryl/α,β-unsaturated/α-hetero) is 2. The summed E-state index contributed by atoms with van der Waals surface area (Å²) in [5, 5.41) is 0.678. The van der Waals surface area contributed by atoms with Gasteiger partial charge in [0.05, 0.1) is 22.5 Å². The van der Waals surface area contributed by atoms with Crippen LogP contribution in [0.3, 0.4) is 0 Å². The van der Waals surface area contributed by atoms with Gasteiger partial charge in [-0.15, -0.1) is 0 Å². The molecule has 1 heterocycles. The van der Waals surface area contributed by atoms with Crippen LogP contribution in [0, 0.1) is 0 Å². The molecule has 2 aromatic carbocycles. The number of carbonyl (C=O) groups excluding carboxylic acids is 4. The average molecular weight is 459 g/mol. The molecule has 1 aliphatic heterocycles. The Bertz CT molecular complexity index is 1110. The molecule has 0 radical (unpaired) electrons. The maximum Gasteiger partial charge on any atom is 0.255 e. The highest BCUT2D eigenvalue weighted by atomic mass is 35.5. The van der Waals surface area contributed by atoms with E-state index >= 15 is 0 Å². The first-order valence-corrected chi connectivity index (χ1v) is 10.7. The average Bonchev–Trinajstić information content (AvgIpc) is 3.07. The van der Waals surface area contributed by atoms with E-state index < -0.39 is 6.04 Å². The van der Waals surface area contributed by atoms with Crippen molar-refractivity contribution < 1.29 is 19.2 Å². The second kappa shape index (κ2) is 8.44. The van der Waals surface area contributed by atoms with Crippen LogP contribution in [0.15, 0.2) is 36.4 Å². The largest absolute Gasteiger partial charge is 0.337 e. The van der Waals surface area contributed by atoms with E-state index in [1.807, 2.05) is 6.07 Å². The van der Waals surface area contributed by atoms with Gasteiger partial charge in [0.25, 0.3) is 11.8 Å². The van der Waals surface area contributed by atoms with Crippen LogP contribution in [0.25, 0.3) is 0 Å². The van der Waals surface area contributed by atoms with Gasteiger partial charge in [-0.1, -0.05) is 35.3 Å². The first kappa shape index (κ1) is 21.5. The lowest BCUT2D eigenvalue weighted by Gasteiger charge is -2.29. The van der Waals surface area contributed by atoms with Crippen molar-refractivity contribution in [3.8, 4) is 0 Å². The standard InChI is InChI=1S/C23H20Cl2N2O4/c1-26(22(30)13-5-7-18(24)19(25)9-13)11-14-3-2-4-16-17(14)12-27(23(16)31)20-8-6-15(28)10-21(20)29/h2-5,7,9,20H,6,8,10-12H2,1H3. The normalized spacial score (nSPS) is 18.4. The van der Waals surface area contributed by atoms with E-state index in [-0.39, 0.29) is 29.8 Å². The summed E-state index contributed by atoms with van der Waals surface area (Å²) >= 11 is 12.0. The number of hydrogen-bond acceptors (Lipinski definition) is 4. The predicted octanol–water partition coefficient (Wildman–Crippen LogP) is 3.91. The maximum atomic E-state index is 13.0. The quantitative estimate of drug-likeness (QED) is 0.650. The van der Waals surface area contributed by atoms with Crippen LogP contribution in [0.1, 0.15) is 51.1 Å². The highest BCUT2D eigenvalue weighted by Crippen LogP contribution is 2.31. The van der Waals surface area contributed by atoms with E-state index in [0.717, 1.165) is 11.1 Å². The Hall–Kier alpha value is -2.70. The van der Waals surface area contributed by atoms with Gasteiger partial charge in [0, 0.05) is 37.7 Å². The fourth-order valence-corrected chi connectivity index (χ4v) is 4.48. The second-order valence-electron chi connectivity index (χ2n) is 7.90. The van der Waals surface area contributed by atoms with Gasteiger partial charge < -0.3 is 9.80 Å². The zero-order chi connectivity index (χ0) is 22.3. The molecule has 0 N–H and O–H groups in total. The van der Waals surface area contributed by atoms with Crippen LogP contribution in [0.4, 0.5) is 0 Å². The molecule has 1 fully saturated rings. The van der Waals surface area contributed by atoms with Gasteiger partial charge in [-0.05, 0) is 41.8 Å². The summed E-state index contributed by atoms with van der Waals surface area (Å²) in [4.78, 5) is 52.8. The van der Waals surface area contributed by atoms with Crippen LogP contribution < -0.4 is 0 Å². The summed E-state index contributed by atoms with van der Waals surface area (Å²) in [7, 11) is 1.68. The summed E-state index contributed by atoms with van der Waals surface area (Å²) in [6.07, 6.45) is 0.561. The van der Waals surface area contributed by atoms with Crippen molar-refractivity contribution >= 4 is 46.6 Å². The Balaban J connectivity index is 1.54. The van der Waals surface area contributed by atoms with Crippen molar-refractivity contribution in [3.63, 3.8) is 0 Å². The Morgan fingerprint density at radius 2 is 1.90 bits per heavy atom. The van der Waals surface area contributed by atoms with Gasteiger partial charge in [0.1, 0.15) is 5.78 Å². The molecule has 2 aliphatic rings. The molecule has 31 heavy (non-hydrogen) atoms. The first-order valence-electron chi connectivity index (χ1n) is 9.93. The molecule has 6 nitrogen and oxygen atoms in total. The monoisotopic (exact) mass is 458 g/mol. The number of benzene rings is 2. The van der Waals surface area contributed by atoms with Gasteiger partial charge in [0.2, 0.25) is 0 Å². The number of ketones is 2. The first-order chi connectivity index (χ1) is 14.8. The Morgan fingerprint density at radius 3 is 2.61 bits per heavy atom. The van der Waals surface area contributed by atoms with Gasteiger partial charge >= 0.3 is 0 Å². The lowest BCUT2D eigenvalue weighted by atomic mass is 9.92. The molecule has 1 saturated carbocycles. The molecule has 1 atom stereocenters. The summed E-state index contributed by atoms with van der Waals surface area (Å²) in [6.45, 7) is 0.588. The fraction of sp³-hybridized carbons (Fsp3) is 0.304. The smallest absolute Gasteiger partial charge is 0.255 e. The van der Waals surface area contributed by atoms with E-state index in [1.165, 1.54) is 6.07 Å². The summed E-state index contributed by atoms with van der Waals surface area (Å²) < 4.78 is 0. The summed E-state index contributed by atoms with van der Waals surface area (Å²) in [5.74, 6) is -0.708. The third-order valence-corrected chi connectivity index (χ3v) is 6.57. The van der Waals surface area contributed by atoms with Crippen LogP contribution in [-0.4, -0.2) is 46.3 Å². The second-order valence-corrected chi connectivity index (χ2v) is 8.72. The minimum atomic E-state index is -0.568. The van der Waals surface area contributed by atoms with E-state index in [9.17, 15) is 19.2 Å². The Kier molecular flexibility index (Phi) is 5.86. The lowest BCUT2D eigenvalue weighted by Crippen LogP contribution is -2.44. The van der Waals surface area contributed by atoms with Gasteiger partial charge in [-0.2, -0.15) is 0 Å². The highest BCUT2D eigenvalue weighted by Gasteiger charge is 2.39. The highest BCUT2D eigenvalue weighted by molar-refractivity contribution is 6.42. The van der Waals surface area contributed by atoms with Crippen molar-refractivity contribution in [1.29, 1.82) is 0 Å². The molecule has 0 bridgehead atoms. The molecular weight excluding hydrogens is 439 g/mol. The molecular formula is C23H20Cl2N2O4. The third-order valence-electron chi connectivity index (χ3n) is 5.83. The molecule has 0 aromatic heterocycles. The zero-order valence-electron chi connectivity index (χ0n) is 16.9. The number of carbonyl (C=O) groups is 4. The molecule has 1 unspecified atom stereocenters. The summed E-state index contributed by atoms with van der Waals surface area (Å²) in [6, 6.07) is 9.54. The van der Waals surface area contributed by atoms with Crippen LogP contribution in [0.5, 0.6) is 0 Å². The van der Waals surface area contributed by atoms with Gasteiger partial charge in [-0.25, -0.2) is 0 Å². The number of fused-ring (bicyclic) bond motifs is 1. The Morgan fingerprint density at radius 1 is 1.13 bits per heavy atom. The number of nitrogens with zero attached hydrogens (tertiary/aromatic N) is 2. The molecule has 4 rings (SSSR count). The maximum absolute atomic E-state index is 13.0. The number of halogens is 2. The van der Waals surface area contributed by atoms with Crippen molar-refractivity contribution in [1.82, 2.24) is 9.80 Å². The number of rotatable bonds is 4. The minimum absolute atomic E-state index is 0.0754. The van der Waals surface area contributed by atoms with Crippen molar-refractivity contribution in [3.05, 3.63) is 68.7 Å². The molecule has 0 spiro atoms. The van der Waals surface area contributed by atoms with Crippen molar-refractivity contribution in [2.24, 2.45) is 0 Å². The van der Waals surface area contributed by atoms with Crippen LogP contribution in [0.2, 0.25) is 10.0 Å². The minimum Gasteiger partial charge on any atom is -0.337 e. The molecule has 2 amide bonds. The van der Waals surface area contributed by atoms with Crippen LogP contribution >= 0.6 is 23.2 Å². The molecule has 160 valence electrons. The number of amides is 2. The predicted molar refractivity (Wildman–Crippen MR) is 116 cm³/mol. The fourth-order valence-electron chi connectivity index (χ4n) is 4.18. The molecule has 2 aromatic rings. The van der Waals surface area contributed by atoms with Gasteiger partial charge in [-0.3, -0.25) is 19.2 Å². The van der Waals surface area contributed by atoms with E-state index in [4.69, 9.17) is 23.2 Å². The van der Waals surface area contributed by atoms with E-state index in [0.29, 0.717) is 47.1 Å². The third kappa shape index (κ3) is 4.10. The molecule has 0 saturated heterocycles. The van der Waals surface area contributed by atoms with E-state index in [2.05, 4.69) is 0 Å². The van der Waals surface area contributed by atoms with Crippen molar-refractivity contribution in [2.75, 3.05) is 7.05 Å². The van der Waals surface area contributed by atoms with Gasteiger partial charge in [0.15, 0.2) is 5.78 Å². The lowest BCUT2D eigenvalue weighted by molar-refractivity contribution is -0.133. The zero-order valence-corrected chi connectivity index (χ0v) is 18.4. The number of hydrogen-bond donors (Lipinski definition) is 0.